The first-order valence-corrected chi connectivity index (χ1v) is 5.16. The van der Waals surface area contributed by atoms with Gasteiger partial charge in [-0.1, -0.05) is 0 Å². The summed E-state index contributed by atoms with van der Waals surface area (Å²) in [6, 6.07) is 0.642. The third-order valence-electron chi connectivity index (χ3n) is 2.98. The van der Waals surface area contributed by atoms with Gasteiger partial charge in [0.15, 0.2) is 0 Å². The lowest BCUT2D eigenvalue weighted by Crippen LogP contribution is -2.47. The number of amides is 1. The van der Waals surface area contributed by atoms with E-state index in [1.165, 1.54) is 7.11 Å². The summed E-state index contributed by atoms with van der Waals surface area (Å²) in [4.78, 5) is 13.9. The number of nitrogens with two attached hydrogens (primary N) is 1. The SMILES string of the molecule is COC(CN)C(=O)N1C(C)CCC1C. The molecular weight excluding hydrogens is 180 g/mol. The molecule has 1 aliphatic rings. The second-order valence-corrected chi connectivity index (χ2v) is 3.98. The van der Waals surface area contributed by atoms with E-state index in [0.717, 1.165) is 12.8 Å². The van der Waals surface area contributed by atoms with E-state index in [4.69, 9.17) is 10.5 Å². The maximum absolute atomic E-state index is 11.9. The van der Waals surface area contributed by atoms with Crippen molar-refractivity contribution in [2.24, 2.45) is 5.73 Å². The van der Waals surface area contributed by atoms with Crippen molar-refractivity contribution in [2.45, 2.75) is 44.9 Å². The van der Waals surface area contributed by atoms with E-state index >= 15 is 0 Å². The van der Waals surface area contributed by atoms with E-state index in [2.05, 4.69) is 13.8 Å². The maximum Gasteiger partial charge on any atom is 0.253 e. The summed E-state index contributed by atoms with van der Waals surface area (Å²) >= 11 is 0. The van der Waals surface area contributed by atoms with Crippen molar-refractivity contribution in [3.63, 3.8) is 0 Å². The molecule has 0 aliphatic carbocycles. The summed E-state index contributed by atoms with van der Waals surface area (Å²) in [7, 11) is 1.53. The van der Waals surface area contributed by atoms with Crippen LogP contribution in [0.1, 0.15) is 26.7 Å². The number of nitrogens with zero attached hydrogens (tertiary/aromatic N) is 1. The van der Waals surface area contributed by atoms with Gasteiger partial charge in [-0.3, -0.25) is 4.79 Å². The van der Waals surface area contributed by atoms with Crippen LogP contribution in [0.4, 0.5) is 0 Å². The molecule has 0 radical (unpaired) electrons. The Morgan fingerprint density at radius 3 is 2.36 bits per heavy atom. The van der Waals surface area contributed by atoms with Gasteiger partial charge in [-0.05, 0) is 26.7 Å². The highest BCUT2D eigenvalue weighted by Crippen LogP contribution is 2.24. The van der Waals surface area contributed by atoms with Gasteiger partial charge < -0.3 is 15.4 Å². The average Bonchev–Trinajstić information content (AvgIpc) is 2.48. The van der Waals surface area contributed by atoms with Crippen molar-refractivity contribution in [3.05, 3.63) is 0 Å². The fourth-order valence-corrected chi connectivity index (χ4v) is 2.09. The van der Waals surface area contributed by atoms with Gasteiger partial charge >= 0.3 is 0 Å². The Hall–Kier alpha value is -0.610. The third kappa shape index (κ3) is 2.07. The summed E-state index contributed by atoms with van der Waals surface area (Å²) in [5.41, 5.74) is 5.47. The Labute approximate surface area is 85.4 Å². The fraction of sp³-hybridized carbons (Fsp3) is 0.900. The van der Waals surface area contributed by atoms with Gasteiger partial charge in [-0.15, -0.1) is 0 Å². The third-order valence-corrected chi connectivity index (χ3v) is 2.98. The number of ether oxygens (including phenoxy) is 1. The van der Waals surface area contributed by atoms with E-state index < -0.39 is 6.10 Å². The average molecular weight is 200 g/mol. The van der Waals surface area contributed by atoms with E-state index in [1.54, 1.807) is 0 Å². The van der Waals surface area contributed by atoms with E-state index in [9.17, 15) is 4.79 Å². The first-order chi connectivity index (χ1) is 6.61. The van der Waals surface area contributed by atoms with Gasteiger partial charge in [0.05, 0.1) is 0 Å². The van der Waals surface area contributed by atoms with Crippen LogP contribution in [0.15, 0.2) is 0 Å². The second-order valence-electron chi connectivity index (χ2n) is 3.98. The molecule has 0 aromatic rings. The molecule has 4 nitrogen and oxygen atoms in total. The number of carbonyl (C=O) groups excluding carboxylic acids is 1. The highest BCUT2D eigenvalue weighted by atomic mass is 16.5. The van der Waals surface area contributed by atoms with Crippen molar-refractivity contribution in [3.8, 4) is 0 Å². The number of likely N-dealkylation sites (tertiary alicyclic amines) is 1. The van der Waals surface area contributed by atoms with Crippen LogP contribution in [0.3, 0.4) is 0 Å². The molecule has 1 saturated heterocycles. The number of methoxy groups -OCH3 is 1. The largest absolute Gasteiger partial charge is 0.370 e. The highest BCUT2D eigenvalue weighted by Gasteiger charge is 2.34. The van der Waals surface area contributed by atoms with Gasteiger partial charge in [0, 0.05) is 25.7 Å². The molecule has 14 heavy (non-hydrogen) atoms. The molecule has 4 heteroatoms. The van der Waals surface area contributed by atoms with Crippen LogP contribution in [0, 0.1) is 0 Å². The zero-order chi connectivity index (χ0) is 10.7. The topological polar surface area (TPSA) is 55.6 Å². The number of hydrogen-bond acceptors (Lipinski definition) is 3. The minimum Gasteiger partial charge on any atom is -0.370 e. The molecule has 3 atom stereocenters. The Kier molecular flexibility index (Phi) is 3.89. The van der Waals surface area contributed by atoms with Crippen LogP contribution in [0.5, 0.6) is 0 Å². The Balaban J connectivity index is 2.66. The van der Waals surface area contributed by atoms with Crippen LogP contribution in [-0.2, 0) is 9.53 Å². The maximum atomic E-state index is 11.9. The number of rotatable bonds is 3. The molecule has 0 saturated carbocycles. The predicted molar refractivity (Wildman–Crippen MR) is 54.9 cm³/mol. The minimum absolute atomic E-state index is 0.0347. The quantitative estimate of drug-likeness (QED) is 0.715. The summed E-state index contributed by atoms with van der Waals surface area (Å²) < 4.78 is 5.05. The molecule has 0 aromatic carbocycles. The number of carbonyl (C=O) groups is 1. The van der Waals surface area contributed by atoms with Gasteiger partial charge in [-0.25, -0.2) is 0 Å². The van der Waals surface area contributed by atoms with Crippen LogP contribution in [0.2, 0.25) is 0 Å². The molecule has 0 bridgehead atoms. The van der Waals surface area contributed by atoms with Crippen molar-refractivity contribution >= 4 is 5.91 Å². The molecule has 1 amide bonds. The van der Waals surface area contributed by atoms with E-state index in [-0.39, 0.29) is 12.5 Å². The molecule has 1 fully saturated rings. The standard InChI is InChI=1S/C10H20N2O2/c1-7-4-5-8(2)12(7)10(13)9(6-11)14-3/h7-9H,4-6,11H2,1-3H3. The van der Waals surface area contributed by atoms with Crippen molar-refractivity contribution < 1.29 is 9.53 Å². The fourth-order valence-electron chi connectivity index (χ4n) is 2.09. The first-order valence-electron chi connectivity index (χ1n) is 5.16. The summed E-state index contributed by atoms with van der Waals surface area (Å²) in [5.74, 6) is 0.0347. The van der Waals surface area contributed by atoms with Crippen molar-refractivity contribution in [2.75, 3.05) is 13.7 Å². The van der Waals surface area contributed by atoms with Gasteiger partial charge in [0.1, 0.15) is 6.10 Å². The van der Waals surface area contributed by atoms with Crippen LogP contribution in [-0.4, -0.2) is 42.6 Å². The highest BCUT2D eigenvalue weighted by molar-refractivity contribution is 5.82. The molecule has 1 rings (SSSR count). The zero-order valence-corrected chi connectivity index (χ0v) is 9.19. The predicted octanol–water partition coefficient (Wildman–Crippen LogP) is 0.360. The summed E-state index contributed by atoms with van der Waals surface area (Å²) in [5, 5.41) is 0. The van der Waals surface area contributed by atoms with E-state index in [1.807, 2.05) is 4.90 Å². The summed E-state index contributed by atoms with van der Waals surface area (Å²) in [6.07, 6.45) is 1.68. The van der Waals surface area contributed by atoms with Gasteiger partial charge in [-0.2, -0.15) is 0 Å². The zero-order valence-electron chi connectivity index (χ0n) is 9.19. The first kappa shape index (κ1) is 11.5. The lowest BCUT2D eigenvalue weighted by atomic mass is 10.2. The molecule has 82 valence electrons. The van der Waals surface area contributed by atoms with Crippen LogP contribution < -0.4 is 5.73 Å². The lowest BCUT2D eigenvalue weighted by molar-refractivity contribution is -0.143. The van der Waals surface area contributed by atoms with Crippen molar-refractivity contribution in [1.29, 1.82) is 0 Å². The Morgan fingerprint density at radius 2 is 2.00 bits per heavy atom. The molecule has 0 aromatic heterocycles. The second kappa shape index (κ2) is 4.75. The Bertz CT molecular complexity index is 194. The monoisotopic (exact) mass is 200 g/mol. The van der Waals surface area contributed by atoms with Gasteiger partial charge in [0.2, 0.25) is 0 Å². The van der Waals surface area contributed by atoms with Crippen LogP contribution >= 0.6 is 0 Å². The molecule has 0 spiro atoms. The smallest absolute Gasteiger partial charge is 0.253 e. The Morgan fingerprint density at radius 1 is 1.50 bits per heavy atom. The number of hydrogen-bond donors (Lipinski definition) is 1. The summed E-state index contributed by atoms with van der Waals surface area (Å²) in [6.45, 7) is 4.40. The van der Waals surface area contributed by atoms with Crippen molar-refractivity contribution in [1.82, 2.24) is 4.90 Å². The molecule has 3 unspecified atom stereocenters. The van der Waals surface area contributed by atoms with Crippen LogP contribution in [0.25, 0.3) is 0 Å². The lowest BCUT2D eigenvalue weighted by Gasteiger charge is -2.29. The van der Waals surface area contributed by atoms with E-state index in [0.29, 0.717) is 12.1 Å². The van der Waals surface area contributed by atoms with Gasteiger partial charge in [0.25, 0.3) is 5.91 Å². The normalized spacial score (nSPS) is 29.3. The molecule has 2 N–H and O–H groups in total. The minimum atomic E-state index is -0.474. The molecule has 1 aliphatic heterocycles. The molecule has 1 heterocycles. The molecular formula is C10H20N2O2.